The van der Waals surface area contributed by atoms with Crippen LogP contribution in [0, 0.1) is 0 Å². The first-order chi connectivity index (χ1) is 10.1. The van der Waals surface area contributed by atoms with Crippen LogP contribution in [-0.4, -0.2) is 30.4 Å². The van der Waals surface area contributed by atoms with E-state index < -0.39 is 12.0 Å². The topological polar surface area (TPSA) is 46.6 Å². The Morgan fingerprint density at radius 1 is 1.38 bits per heavy atom. The summed E-state index contributed by atoms with van der Waals surface area (Å²) < 4.78 is 5.44. The van der Waals surface area contributed by atoms with Crippen molar-refractivity contribution in [3.05, 3.63) is 43.2 Å². The van der Waals surface area contributed by atoms with Crippen LogP contribution in [0.1, 0.15) is 26.2 Å². The number of thiophene rings is 2. The minimum Gasteiger partial charge on any atom is -0.467 e. The van der Waals surface area contributed by atoms with Gasteiger partial charge in [-0.2, -0.15) is 0 Å². The molecule has 1 aliphatic heterocycles. The van der Waals surface area contributed by atoms with Crippen LogP contribution in [0.15, 0.2) is 23.6 Å². The first kappa shape index (κ1) is 14.6. The van der Waals surface area contributed by atoms with Crippen LogP contribution in [0.2, 0.25) is 4.34 Å². The number of rotatable bonds is 2. The van der Waals surface area contributed by atoms with Gasteiger partial charge in [-0.25, -0.2) is 4.79 Å². The van der Waals surface area contributed by atoms with Crippen LogP contribution in [0.5, 0.6) is 0 Å². The van der Waals surface area contributed by atoms with Gasteiger partial charge in [-0.1, -0.05) is 11.6 Å². The van der Waals surface area contributed by atoms with Crippen LogP contribution in [0.4, 0.5) is 0 Å². The molecule has 0 saturated heterocycles. The van der Waals surface area contributed by atoms with Crippen molar-refractivity contribution in [3.63, 3.8) is 0 Å². The average Bonchev–Trinajstić information content (AvgIpc) is 3.13. The number of nitrogens with zero attached hydrogens (tertiary/aromatic N) is 1. The molecular weight excluding hydrogens is 330 g/mol. The maximum Gasteiger partial charge on any atom is 0.333 e. The van der Waals surface area contributed by atoms with E-state index in [1.165, 1.54) is 18.4 Å². The molecule has 0 aliphatic carbocycles. The van der Waals surface area contributed by atoms with Crippen LogP contribution in [-0.2, 0) is 16.0 Å². The van der Waals surface area contributed by atoms with Crippen molar-refractivity contribution in [2.45, 2.75) is 12.5 Å². The summed E-state index contributed by atoms with van der Waals surface area (Å²) in [7, 11) is 1.34. The lowest BCUT2D eigenvalue weighted by atomic mass is 9.99. The van der Waals surface area contributed by atoms with Crippen molar-refractivity contribution in [2.75, 3.05) is 13.7 Å². The molecule has 0 N–H and O–H groups in total. The van der Waals surface area contributed by atoms with Gasteiger partial charge in [-0.05, 0) is 35.6 Å². The molecule has 2 aromatic heterocycles. The third-order valence-electron chi connectivity index (χ3n) is 3.44. The van der Waals surface area contributed by atoms with E-state index in [9.17, 15) is 9.59 Å². The summed E-state index contributed by atoms with van der Waals surface area (Å²) in [4.78, 5) is 28.0. The normalized spacial score (nSPS) is 17.4. The highest BCUT2D eigenvalue weighted by Crippen LogP contribution is 2.36. The van der Waals surface area contributed by atoms with Crippen LogP contribution >= 0.6 is 34.3 Å². The van der Waals surface area contributed by atoms with Gasteiger partial charge in [0.1, 0.15) is 0 Å². The summed E-state index contributed by atoms with van der Waals surface area (Å²) >= 11 is 8.72. The summed E-state index contributed by atoms with van der Waals surface area (Å²) in [6.45, 7) is 0.502. The van der Waals surface area contributed by atoms with E-state index in [1.54, 1.807) is 28.4 Å². The maximum atomic E-state index is 12.6. The number of methoxy groups -OCH3 is 1. The first-order valence-electron chi connectivity index (χ1n) is 6.32. The van der Waals surface area contributed by atoms with Gasteiger partial charge in [-0.15, -0.1) is 22.7 Å². The smallest absolute Gasteiger partial charge is 0.333 e. The minimum atomic E-state index is -0.668. The molecule has 3 heterocycles. The molecule has 3 rings (SSSR count). The van der Waals surface area contributed by atoms with E-state index in [2.05, 4.69) is 0 Å². The quantitative estimate of drug-likeness (QED) is 0.787. The number of carbonyl (C=O) groups is 2. The number of hydrogen-bond acceptors (Lipinski definition) is 5. The summed E-state index contributed by atoms with van der Waals surface area (Å²) in [6.07, 6.45) is 0.755. The van der Waals surface area contributed by atoms with Crippen molar-refractivity contribution < 1.29 is 14.3 Å². The molecule has 0 saturated carbocycles. The van der Waals surface area contributed by atoms with Gasteiger partial charge >= 0.3 is 5.97 Å². The lowest BCUT2D eigenvalue weighted by Gasteiger charge is -2.33. The Morgan fingerprint density at radius 2 is 2.19 bits per heavy atom. The Balaban J connectivity index is 1.97. The van der Waals surface area contributed by atoms with Gasteiger partial charge in [0.2, 0.25) is 0 Å². The van der Waals surface area contributed by atoms with Gasteiger partial charge in [0.25, 0.3) is 5.91 Å². The third-order valence-corrected chi connectivity index (χ3v) is 5.65. The van der Waals surface area contributed by atoms with Crippen molar-refractivity contribution in [3.8, 4) is 0 Å². The highest BCUT2D eigenvalue weighted by Gasteiger charge is 2.38. The largest absolute Gasteiger partial charge is 0.467 e. The fourth-order valence-corrected chi connectivity index (χ4v) is 4.37. The summed E-state index contributed by atoms with van der Waals surface area (Å²) in [5.41, 5.74) is 0.870. The number of amides is 1. The zero-order valence-electron chi connectivity index (χ0n) is 11.2. The standard InChI is InChI=1S/C14H12ClNO3S2/c1-19-14(18)12-8-5-7-20-9(8)4-6-16(12)13(17)10-2-3-11(15)21-10/h2-3,5,7,12H,4,6H2,1H3/t12-/m0/s1. The number of halogens is 1. The number of carbonyl (C=O) groups excluding carboxylic acids is 2. The van der Waals surface area contributed by atoms with Gasteiger partial charge in [0, 0.05) is 11.4 Å². The predicted octanol–water partition coefficient (Wildman–Crippen LogP) is 3.38. The van der Waals surface area contributed by atoms with E-state index in [0.717, 1.165) is 16.9 Å². The molecule has 0 aromatic carbocycles. The van der Waals surface area contributed by atoms with Crippen LogP contribution in [0.25, 0.3) is 0 Å². The van der Waals surface area contributed by atoms with Gasteiger partial charge in [0.15, 0.2) is 6.04 Å². The second-order valence-corrected chi connectivity index (χ2v) is 7.29. The average molecular weight is 342 g/mol. The predicted molar refractivity (Wildman–Crippen MR) is 83.1 cm³/mol. The van der Waals surface area contributed by atoms with Crippen molar-refractivity contribution in [1.29, 1.82) is 0 Å². The van der Waals surface area contributed by atoms with Gasteiger partial charge in [-0.3, -0.25) is 4.79 Å². The maximum absolute atomic E-state index is 12.6. The third kappa shape index (κ3) is 2.59. The number of hydrogen-bond donors (Lipinski definition) is 0. The van der Waals surface area contributed by atoms with Crippen LogP contribution < -0.4 is 0 Å². The fraction of sp³-hybridized carbons (Fsp3) is 0.286. The lowest BCUT2D eigenvalue weighted by Crippen LogP contribution is -2.43. The second kappa shape index (κ2) is 5.79. The SMILES string of the molecule is COC(=O)[C@@H]1c2ccsc2CCN1C(=O)c1ccc(Cl)s1. The van der Waals surface area contributed by atoms with E-state index in [1.807, 2.05) is 11.4 Å². The molecule has 2 aromatic rings. The number of ether oxygens (including phenoxy) is 1. The molecule has 7 heteroatoms. The minimum absolute atomic E-state index is 0.181. The molecule has 0 radical (unpaired) electrons. The number of fused-ring (bicyclic) bond motifs is 1. The second-order valence-electron chi connectivity index (χ2n) is 4.58. The summed E-state index contributed by atoms with van der Waals surface area (Å²) in [6, 6.07) is 4.60. The molecule has 4 nitrogen and oxygen atoms in total. The van der Waals surface area contributed by atoms with E-state index in [0.29, 0.717) is 15.8 Å². The van der Waals surface area contributed by atoms with Crippen LogP contribution in [0.3, 0.4) is 0 Å². The molecule has 21 heavy (non-hydrogen) atoms. The summed E-state index contributed by atoms with van der Waals surface area (Å²) in [5.74, 6) is -0.593. The Kier molecular flexibility index (Phi) is 4.01. The molecule has 110 valence electrons. The Bertz CT molecular complexity index is 694. The molecule has 0 fully saturated rings. The highest BCUT2D eigenvalue weighted by molar-refractivity contribution is 7.18. The highest BCUT2D eigenvalue weighted by atomic mass is 35.5. The van der Waals surface area contributed by atoms with Gasteiger partial charge in [0.05, 0.1) is 16.3 Å². The monoisotopic (exact) mass is 341 g/mol. The van der Waals surface area contributed by atoms with E-state index in [4.69, 9.17) is 16.3 Å². The zero-order chi connectivity index (χ0) is 15.0. The van der Waals surface area contributed by atoms with Gasteiger partial charge < -0.3 is 9.64 Å². The van der Waals surface area contributed by atoms with E-state index >= 15 is 0 Å². The molecular formula is C14H12ClNO3S2. The molecule has 1 amide bonds. The van der Waals surface area contributed by atoms with Crippen molar-refractivity contribution in [2.24, 2.45) is 0 Å². The molecule has 1 aliphatic rings. The molecule has 0 unspecified atom stereocenters. The molecule has 0 spiro atoms. The fourth-order valence-electron chi connectivity index (χ4n) is 2.47. The Hall–Kier alpha value is -1.37. The first-order valence-corrected chi connectivity index (χ1v) is 8.39. The molecule has 1 atom stereocenters. The van der Waals surface area contributed by atoms with Crippen molar-refractivity contribution >= 4 is 46.2 Å². The summed E-state index contributed by atoms with van der Waals surface area (Å²) in [5, 5.41) is 1.94. The lowest BCUT2D eigenvalue weighted by molar-refractivity contribution is -0.146. The molecule has 0 bridgehead atoms. The Labute approximate surface area is 134 Å². The van der Waals surface area contributed by atoms with E-state index in [-0.39, 0.29) is 5.91 Å². The number of esters is 1. The Morgan fingerprint density at radius 3 is 2.86 bits per heavy atom. The van der Waals surface area contributed by atoms with Crippen molar-refractivity contribution in [1.82, 2.24) is 4.90 Å². The zero-order valence-corrected chi connectivity index (χ0v) is 13.6.